The molecule has 1 rings (SSSR count). The Balaban J connectivity index is 2.40. The lowest BCUT2D eigenvalue weighted by atomic mass is 10.4. The van der Waals surface area contributed by atoms with Gasteiger partial charge in [-0.3, -0.25) is 4.99 Å². The van der Waals surface area contributed by atoms with Crippen LogP contribution in [0.1, 0.15) is 33.6 Å². The van der Waals surface area contributed by atoms with Gasteiger partial charge in [0.25, 0.3) is 0 Å². The molecule has 0 radical (unpaired) electrons. The SMILES string of the molecule is CCNC(=NCC1CC1)NCCS(=O)(=O)N(CC)CC. The third-order valence-electron chi connectivity index (χ3n) is 3.30. The van der Waals surface area contributed by atoms with E-state index in [4.69, 9.17) is 0 Å². The minimum Gasteiger partial charge on any atom is -0.357 e. The van der Waals surface area contributed by atoms with Crippen molar-refractivity contribution >= 4 is 16.0 Å². The molecule has 1 saturated carbocycles. The molecule has 0 unspecified atom stereocenters. The van der Waals surface area contributed by atoms with E-state index in [9.17, 15) is 8.42 Å². The summed E-state index contributed by atoms with van der Waals surface area (Å²) in [6.45, 7) is 8.75. The zero-order valence-electron chi connectivity index (χ0n) is 12.9. The molecular formula is C13H28N4O2S. The summed E-state index contributed by atoms with van der Waals surface area (Å²) < 4.78 is 25.6. The lowest BCUT2D eigenvalue weighted by Crippen LogP contribution is -2.42. The molecule has 0 amide bonds. The van der Waals surface area contributed by atoms with Crippen LogP contribution in [0.5, 0.6) is 0 Å². The van der Waals surface area contributed by atoms with E-state index < -0.39 is 10.0 Å². The molecule has 0 aliphatic heterocycles. The molecule has 118 valence electrons. The highest BCUT2D eigenvalue weighted by atomic mass is 32.2. The van der Waals surface area contributed by atoms with Crippen LogP contribution < -0.4 is 10.6 Å². The molecule has 0 atom stereocenters. The van der Waals surface area contributed by atoms with Gasteiger partial charge in [-0.05, 0) is 25.7 Å². The fourth-order valence-electron chi connectivity index (χ4n) is 1.91. The monoisotopic (exact) mass is 304 g/mol. The summed E-state index contributed by atoms with van der Waals surface area (Å²) in [6.07, 6.45) is 2.53. The molecule has 1 fully saturated rings. The Labute approximate surface area is 123 Å². The maximum Gasteiger partial charge on any atom is 0.215 e. The first-order valence-electron chi connectivity index (χ1n) is 7.53. The summed E-state index contributed by atoms with van der Waals surface area (Å²) in [6, 6.07) is 0. The highest BCUT2D eigenvalue weighted by Crippen LogP contribution is 2.28. The first kappa shape index (κ1) is 17.2. The molecule has 7 heteroatoms. The average molecular weight is 304 g/mol. The summed E-state index contributed by atoms with van der Waals surface area (Å²) in [5.41, 5.74) is 0. The maximum absolute atomic E-state index is 12.0. The molecule has 0 saturated heterocycles. The van der Waals surface area contributed by atoms with E-state index in [1.165, 1.54) is 17.1 Å². The molecule has 0 spiro atoms. The standard InChI is InChI=1S/C13H28N4O2S/c1-4-14-13(16-11-12-7-8-12)15-9-10-20(18,19)17(5-2)6-3/h12H,4-11H2,1-3H3,(H2,14,15,16). The lowest BCUT2D eigenvalue weighted by molar-refractivity contribution is 0.445. The van der Waals surface area contributed by atoms with Crippen LogP contribution in [0.4, 0.5) is 0 Å². The number of sulfonamides is 1. The second-order valence-corrected chi connectivity index (χ2v) is 7.08. The fraction of sp³-hybridized carbons (Fsp3) is 0.923. The van der Waals surface area contributed by atoms with Gasteiger partial charge in [-0.1, -0.05) is 13.8 Å². The Morgan fingerprint density at radius 2 is 1.85 bits per heavy atom. The Morgan fingerprint density at radius 3 is 2.35 bits per heavy atom. The van der Waals surface area contributed by atoms with Gasteiger partial charge in [-0.15, -0.1) is 0 Å². The third-order valence-corrected chi connectivity index (χ3v) is 5.32. The number of nitrogens with one attached hydrogen (secondary N) is 2. The van der Waals surface area contributed by atoms with Crippen LogP contribution in [0.3, 0.4) is 0 Å². The number of hydrogen-bond acceptors (Lipinski definition) is 3. The van der Waals surface area contributed by atoms with Gasteiger partial charge in [-0.2, -0.15) is 0 Å². The molecule has 0 heterocycles. The predicted octanol–water partition coefficient (Wildman–Crippen LogP) is 0.623. The maximum atomic E-state index is 12.0. The van der Waals surface area contributed by atoms with E-state index in [0.717, 1.165) is 19.0 Å². The Bertz CT molecular complexity index is 401. The Morgan fingerprint density at radius 1 is 1.20 bits per heavy atom. The molecule has 0 aromatic carbocycles. The lowest BCUT2D eigenvalue weighted by Gasteiger charge is -2.19. The van der Waals surface area contributed by atoms with Crippen LogP contribution >= 0.6 is 0 Å². The molecule has 1 aliphatic rings. The average Bonchev–Trinajstić information content (AvgIpc) is 3.21. The fourth-order valence-corrected chi connectivity index (χ4v) is 3.31. The minimum atomic E-state index is -3.16. The number of nitrogens with zero attached hydrogens (tertiary/aromatic N) is 2. The number of rotatable bonds is 9. The van der Waals surface area contributed by atoms with Crippen LogP contribution in [0.15, 0.2) is 4.99 Å². The van der Waals surface area contributed by atoms with Gasteiger partial charge >= 0.3 is 0 Å². The van der Waals surface area contributed by atoms with Crippen molar-refractivity contribution < 1.29 is 8.42 Å². The largest absolute Gasteiger partial charge is 0.357 e. The number of aliphatic imine (C=N–C) groups is 1. The van der Waals surface area contributed by atoms with E-state index in [-0.39, 0.29) is 5.75 Å². The second kappa shape index (κ2) is 8.46. The van der Waals surface area contributed by atoms with E-state index in [0.29, 0.717) is 25.6 Å². The molecule has 0 bridgehead atoms. The molecule has 0 aromatic rings. The quantitative estimate of drug-likeness (QED) is 0.484. The van der Waals surface area contributed by atoms with E-state index in [1.54, 1.807) is 0 Å². The topological polar surface area (TPSA) is 73.8 Å². The molecule has 20 heavy (non-hydrogen) atoms. The predicted molar refractivity (Wildman–Crippen MR) is 83.4 cm³/mol. The molecule has 6 nitrogen and oxygen atoms in total. The van der Waals surface area contributed by atoms with Gasteiger partial charge in [-0.25, -0.2) is 12.7 Å². The van der Waals surface area contributed by atoms with Crippen molar-refractivity contribution in [2.45, 2.75) is 33.6 Å². The Hall–Kier alpha value is -0.820. The van der Waals surface area contributed by atoms with Gasteiger partial charge in [0, 0.05) is 32.7 Å². The summed E-state index contributed by atoms with van der Waals surface area (Å²) in [5.74, 6) is 1.54. The highest BCUT2D eigenvalue weighted by molar-refractivity contribution is 7.89. The van der Waals surface area contributed by atoms with Crippen LogP contribution in [0.2, 0.25) is 0 Å². The van der Waals surface area contributed by atoms with Crippen molar-refractivity contribution in [3.05, 3.63) is 0 Å². The molecule has 2 N–H and O–H groups in total. The number of guanidine groups is 1. The first-order valence-corrected chi connectivity index (χ1v) is 9.14. The summed E-state index contributed by atoms with van der Waals surface area (Å²) in [7, 11) is -3.16. The van der Waals surface area contributed by atoms with Crippen LogP contribution in [0, 0.1) is 5.92 Å². The zero-order chi connectivity index (χ0) is 15.0. The van der Waals surface area contributed by atoms with Gasteiger partial charge in [0.1, 0.15) is 0 Å². The second-order valence-electron chi connectivity index (χ2n) is 4.99. The van der Waals surface area contributed by atoms with Crippen molar-refractivity contribution in [1.82, 2.24) is 14.9 Å². The summed E-state index contributed by atoms with van der Waals surface area (Å²) in [4.78, 5) is 4.47. The third kappa shape index (κ3) is 6.09. The molecular weight excluding hydrogens is 276 g/mol. The minimum absolute atomic E-state index is 0.0997. The summed E-state index contributed by atoms with van der Waals surface area (Å²) in [5, 5.41) is 6.24. The van der Waals surface area contributed by atoms with Gasteiger partial charge in [0.2, 0.25) is 10.0 Å². The van der Waals surface area contributed by atoms with Crippen molar-refractivity contribution in [3.63, 3.8) is 0 Å². The highest BCUT2D eigenvalue weighted by Gasteiger charge is 2.21. The van der Waals surface area contributed by atoms with Crippen molar-refractivity contribution in [2.24, 2.45) is 10.9 Å². The van der Waals surface area contributed by atoms with Crippen LogP contribution in [-0.4, -0.2) is 57.2 Å². The van der Waals surface area contributed by atoms with Gasteiger partial charge < -0.3 is 10.6 Å². The van der Waals surface area contributed by atoms with Crippen LogP contribution in [0.25, 0.3) is 0 Å². The number of hydrogen-bond donors (Lipinski definition) is 2. The van der Waals surface area contributed by atoms with E-state index in [1.807, 2.05) is 20.8 Å². The zero-order valence-corrected chi connectivity index (χ0v) is 13.7. The Kier molecular flexibility index (Phi) is 7.29. The van der Waals surface area contributed by atoms with Gasteiger partial charge in [0.15, 0.2) is 5.96 Å². The van der Waals surface area contributed by atoms with Crippen molar-refractivity contribution in [3.8, 4) is 0 Å². The molecule has 1 aliphatic carbocycles. The van der Waals surface area contributed by atoms with Crippen molar-refractivity contribution in [1.29, 1.82) is 0 Å². The van der Waals surface area contributed by atoms with Crippen LogP contribution in [-0.2, 0) is 10.0 Å². The van der Waals surface area contributed by atoms with Gasteiger partial charge in [0.05, 0.1) is 5.75 Å². The smallest absolute Gasteiger partial charge is 0.215 e. The van der Waals surface area contributed by atoms with E-state index >= 15 is 0 Å². The normalized spacial score (nSPS) is 16.5. The first-order chi connectivity index (χ1) is 9.53. The van der Waals surface area contributed by atoms with E-state index in [2.05, 4.69) is 15.6 Å². The summed E-state index contributed by atoms with van der Waals surface area (Å²) >= 11 is 0. The van der Waals surface area contributed by atoms with Crippen molar-refractivity contribution in [2.75, 3.05) is 38.5 Å². The molecule has 0 aromatic heterocycles.